The molecule has 6 heteroatoms. The summed E-state index contributed by atoms with van der Waals surface area (Å²) in [4.78, 5) is 14.9. The summed E-state index contributed by atoms with van der Waals surface area (Å²) in [6.45, 7) is 4.13. The van der Waals surface area contributed by atoms with Crippen LogP contribution in [0.5, 0.6) is 0 Å². The van der Waals surface area contributed by atoms with Gasteiger partial charge < -0.3 is 9.84 Å². The van der Waals surface area contributed by atoms with Gasteiger partial charge in [-0.1, -0.05) is 23.7 Å². The third kappa shape index (κ3) is 5.93. The van der Waals surface area contributed by atoms with E-state index in [9.17, 15) is 4.79 Å². The van der Waals surface area contributed by atoms with E-state index in [-0.39, 0.29) is 12.6 Å². The lowest BCUT2D eigenvalue weighted by Gasteiger charge is -2.34. The second-order valence-corrected chi connectivity index (χ2v) is 6.20. The number of benzene rings is 1. The van der Waals surface area contributed by atoms with Gasteiger partial charge in [-0.3, -0.25) is 14.6 Å². The Morgan fingerprint density at radius 1 is 1.45 bits per heavy atom. The monoisotopic (exact) mass is 326 g/mol. The average Bonchev–Trinajstić information content (AvgIpc) is 2.46. The number of hydrogen-bond acceptors (Lipinski definition) is 4. The smallest absolute Gasteiger partial charge is 0.317 e. The molecule has 1 atom stereocenters. The highest BCUT2D eigenvalue weighted by atomic mass is 35.5. The molecule has 1 aliphatic rings. The fourth-order valence-corrected chi connectivity index (χ4v) is 2.80. The van der Waals surface area contributed by atoms with E-state index in [0.29, 0.717) is 13.2 Å². The van der Waals surface area contributed by atoms with Gasteiger partial charge in [0.2, 0.25) is 0 Å². The first-order valence-electron chi connectivity index (χ1n) is 7.51. The topological polar surface area (TPSA) is 53.0 Å². The van der Waals surface area contributed by atoms with E-state index in [1.54, 1.807) is 4.90 Å². The molecule has 1 unspecified atom stereocenters. The summed E-state index contributed by atoms with van der Waals surface area (Å²) in [5, 5.41) is 9.55. The maximum Gasteiger partial charge on any atom is 0.317 e. The lowest BCUT2D eigenvalue weighted by Crippen LogP contribution is -2.48. The van der Waals surface area contributed by atoms with E-state index >= 15 is 0 Å². The molecule has 0 radical (unpaired) electrons. The molecule has 0 spiro atoms. The Kier molecular flexibility index (Phi) is 6.64. The Bertz CT molecular complexity index is 481. The molecule has 2 rings (SSSR count). The Hall–Kier alpha value is -1.14. The maximum atomic E-state index is 10.7. The Labute approximate surface area is 136 Å². The van der Waals surface area contributed by atoms with Crippen LogP contribution in [0, 0.1) is 0 Å². The number of morpholine rings is 1. The van der Waals surface area contributed by atoms with Crippen LogP contribution in [0.2, 0.25) is 5.02 Å². The zero-order valence-corrected chi connectivity index (χ0v) is 13.6. The molecule has 122 valence electrons. The standard InChI is InChI=1S/C16H23ClN2O3/c1-18(12-16(20)21)10-15-11-19(8-9-22-15)7-6-13-2-4-14(17)5-3-13/h2-5,15H,6-12H2,1H3,(H,20,21). The predicted octanol–water partition coefficient (Wildman–Crippen LogP) is 1.60. The molecule has 1 aromatic rings. The van der Waals surface area contributed by atoms with Gasteiger partial charge in [0.15, 0.2) is 0 Å². The summed E-state index contributed by atoms with van der Waals surface area (Å²) >= 11 is 5.89. The maximum absolute atomic E-state index is 10.7. The Morgan fingerprint density at radius 2 is 2.18 bits per heavy atom. The van der Waals surface area contributed by atoms with E-state index in [1.165, 1.54) is 5.56 Å². The minimum absolute atomic E-state index is 0.0463. The highest BCUT2D eigenvalue weighted by Gasteiger charge is 2.22. The van der Waals surface area contributed by atoms with Crippen molar-refractivity contribution in [3.63, 3.8) is 0 Å². The number of carbonyl (C=O) groups is 1. The minimum atomic E-state index is -0.807. The number of carboxylic acid groups (broad SMARTS) is 1. The van der Waals surface area contributed by atoms with Gasteiger partial charge in [-0.25, -0.2) is 0 Å². The van der Waals surface area contributed by atoms with Crippen molar-refractivity contribution in [2.24, 2.45) is 0 Å². The van der Waals surface area contributed by atoms with Crippen LogP contribution in [0.1, 0.15) is 5.56 Å². The van der Waals surface area contributed by atoms with Gasteiger partial charge in [0.05, 0.1) is 19.3 Å². The van der Waals surface area contributed by atoms with Crippen molar-refractivity contribution in [2.45, 2.75) is 12.5 Å². The third-order valence-corrected chi connectivity index (χ3v) is 4.03. The van der Waals surface area contributed by atoms with Crippen molar-refractivity contribution in [3.8, 4) is 0 Å². The van der Waals surface area contributed by atoms with Crippen LogP contribution in [0.25, 0.3) is 0 Å². The second kappa shape index (κ2) is 8.48. The van der Waals surface area contributed by atoms with Crippen LogP contribution in [-0.2, 0) is 16.0 Å². The summed E-state index contributed by atoms with van der Waals surface area (Å²) < 4.78 is 5.73. The predicted molar refractivity (Wildman–Crippen MR) is 86.5 cm³/mol. The Balaban J connectivity index is 1.75. The molecule has 0 amide bonds. The van der Waals surface area contributed by atoms with Crippen LogP contribution in [0.4, 0.5) is 0 Å². The molecule has 0 bridgehead atoms. The summed E-state index contributed by atoms with van der Waals surface area (Å²) in [6.07, 6.45) is 1.05. The van der Waals surface area contributed by atoms with E-state index in [4.69, 9.17) is 21.4 Å². The van der Waals surface area contributed by atoms with Crippen molar-refractivity contribution >= 4 is 17.6 Å². The number of nitrogens with zero attached hydrogens (tertiary/aromatic N) is 2. The van der Waals surface area contributed by atoms with Gasteiger partial charge in [-0.15, -0.1) is 0 Å². The van der Waals surface area contributed by atoms with Crippen LogP contribution < -0.4 is 0 Å². The average molecular weight is 327 g/mol. The van der Waals surface area contributed by atoms with Gasteiger partial charge in [-0.2, -0.15) is 0 Å². The first-order valence-corrected chi connectivity index (χ1v) is 7.89. The van der Waals surface area contributed by atoms with Gasteiger partial charge >= 0.3 is 5.97 Å². The summed E-state index contributed by atoms with van der Waals surface area (Å²) in [6, 6.07) is 7.95. The minimum Gasteiger partial charge on any atom is -0.480 e. The molecule has 1 aliphatic heterocycles. The van der Waals surface area contributed by atoms with Gasteiger partial charge in [-0.05, 0) is 31.2 Å². The molecule has 0 aliphatic carbocycles. The summed E-state index contributed by atoms with van der Waals surface area (Å²) in [7, 11) is 1.81. The van der Waals surface area contributed by atoms with Crippen molar-refractivity contribution in [3.05, 3.63) is 34.9 Å². The number of hydrogen-bond donors (Lipinski definition) is 1. The van der Waals surface area contributed by atoms with Crippen molar-refractivity contribution in [2.75, 3.05) is 46.4 Å². The van der Waals surface area contributed by atoms with E-state index in [0.717, 1.165) is 31.1 Å². The highest BCUT2D eigenvalue weighted by Crippen LogP contribution is 2.12. The quantitative estimate of drug-likeness (QED) is 0.825. The highest BCUT2D eigenvalue weighted by molar-refractivity contribution is 6.30. The van der Waals surface area contributed by atoms with Gasteiger partial charge in [0.1, 0.15) is 0 Å². The molecule has 1 N–H and O–H groups in total. The number of carboxylic acids is 1. The molecule has 1 fully saturated rings. The zero-order valence-electron chi connectivity index (χ0n) is 12.9. The van der Waals surface area contributed by atoms with Crippen LogP contribution in [0.3, 0.4) is 0 Å². The van der Waals surface area contributed by atoms with Crippen LogP contribution in [-0.4, -0.2) is 73.4 Å². The first-order chi connectivity index (χ1) is 10.5. The molecule has 5 nitrogen and oxygen atoms in total. The molecule has 1 heterocycles. The first kappa shape index (κ1) is 17.2. The number of halogens is 1. The van der Waals surface area contributed by atoms with E-state index < -0.39 is 5.97 Å². The lowest BCUT2D eigenvalue weighted by molar-refractivity contribution is -0.138. The van der Waals surface area contributed by atoms with Crippen molar-refractivity contribution in [1.29, 1.82) is 0 Å². The van der Waals surface area contributed by atoms with Gasteiger partial charge in [0, 0.05) is 31.2 Å². The number of aliphatic carboxylic acids is 1. The zero-order chi connectivity index (χ0) is 15.9. The molecular weight excluding hydrogens is 304 g/mol. The van der Waals surface area contributed by atoms with Gasteiger partial charge in [0.25, 0.3) is 0 Å². The molecule has 0 saturated carbocycles. The summed E-state index contributed by atoms with van der Waals surface area (Å²) in [5.41, 5.74) is 1.27. The lowest BCUT2D eigenvalue weighted by atomic mass is 10.1. The van der Waals surface area contributed by atoms with Crippen molar-refractivity contribution in [1.82, 2.24) is 9.80 Å². The largest absolute Gasteiger partial charge is 0.480 e. The molecular formula is C16H23ClN2O3. The third-order valence-electron chi connectivity index (χ3n) is 3.77. The normalized spacial score (nSPS) is 19.5. The van der Waals surface area contributed by atoms with E-state index in [2.05, 4.69) is 17.0 Å². The fourth-order valence-electron chi connectivity index (χ4n) is 2.68. The van der Waals surface area contributed by atoms with Crippen LogP contribution in [0.15, 0.2) is 24.3 Å². The summed E-state index contributed by atoms with van der Waals surface area (Å²) in [5.74, 6) is -0.807. The number of rotatable bonds is 7. The van der Waals surface area contributed by atoms with Crippen molar-refractivity contribution < 1.29 is 14.6 Å². The fraction of sp³-hybridized carbons (Fsp3) is 0.562. The molecule has 1 saturated heterocycles. The molecule has 0 aromatic heterocycles. The number of likely N-dealkylation sites (N-methyl/N-ethyl adjacent to an activating group) is 1. The van der Waals surface area contributed by atoms with Crippen LogP contribution >= 0.6 is 11.6 Å². The number of ether oxygens (including phenoxy) is 1. The Morgan fingerprint density at radius 3 is 2.86 bits per heavy atom. The SMILES string of the molecule is CN(CC(=O)O)CC1CN(CCc2ccc(Cl)cc2)CCO1. The molecule has 22 heavy (non-hydrogen) atoms. The molecule has 1 aromatic carbocycles. The van der Waals surface area contributed by atoms with E-state index in [1.807, 2.05) is 19.2 Å². The second-order valence-electron chi connectivity index (χ2n) is 5.76.